The molecule has 6 heteroatoms. The molecular weight excluding hydrogens is 540 g/mol. The van der Waals surface area contributed by atoms with Crippen molar-refractivity contribution in [3.63, 3.8) is 0 Å². The van der Waals surface area contributed by atoms with Crippen molar-refractivity contribution in [1.82, 2.24) is 0 Å². The van der Waals surface area contributed by atoms with E-state index >= 15 is 0 Å². The molecule has 0 aromatic rings. The lowest BCUT2D eigenvalue weighted by atomic mass is 9.62. The van der Waals surface area contributed by atoms with Crippen molar-refractivity contribution < 1.29 is 28.5 Å². The minimum Gasteiger partial charge on any atom is -0.460 e. The second-order valence-corrected chi connectivity index (χ2v) is 16.5. The summed E-state index contributed by atoms with van der Waals surface area (Å²) >= 11 is 0. The van der Waals surface area contributed by atoms with Crippen LogP contribution in [0.25, 0.3) is 0 Å². The fourth-order valence-corrected chi connectivity index (χ4v) is 8.65. The summed E-state index contributed by atoms with van der Waals surface area (Å²) in [4.78, 5) is 24.6. The Hall–Kier alpha value is -0.980. The fourth-order valence-electron chi connectivity index (χ4n) is 8.65. The van der Waals surface area contributed by atoms with E-state index in [4.69, 9.17) is 18.9 Å². The largest absolute Gasteiger partial charge is 0.460 e. The van der Waals surface area contributed by atoms with Crippen LogP contribution in [0.3, 0.4) is 0 Å². The van der Waals surface area contributed by atoms with Gasteiger partial charge in [-0.25, -0.2) is 0 Å². The molecule has 0 N–H and O–H groups in total. The van der Waals surface area contributed by atoms with Crippen LogP contribution in [0, 0.1) is 71.0 Å². The SMILES string of the molecule is CC(=O)CC(=O)OCC1(OC2OC(CC(C)C)C(C(C)C)C(C(C)C)C2C(C)C)OC(CC(C)C)C(C(C)C)C1C(C)C. The topological polar surface area (TPSA) is 71.1 Å². The number of Topliss-reactive ketones (excluding diaryl/α,β-unsaturated/α-hetero) is 1. The molecule has 0 aliphatic carbocycles. The van der Waals surface area contributed by atoms with Gasteiger partial charge in [-0.3, -0.25) is 9.59 Å². The number of rotatable bonds is 15. The predicted octanol–water partition coefficient (Wildman–Crippen LogP) is 8.80. The zero-order valence-electron chi connectivity index (χ0n) is 30.4. The summed E-state index contributed by atoms with van der Waals surface area (Å²) in [6, 6.07) is 0. The molecule has 0 aromatic heterocycles. The van der Waals surface area contributed by atoms with Gasteiger partial charge in [-0.15, -0.1) is 0 Å². The van der Waals surface area contributed by atoms with E-state index in [1.54, 1.807) is 0 Å². The Bertz CT molecular complexity index is 876. The number of esters is 1. The minimum absolute atomic E-state index is 0.0124. The summed E-state index contributed by atoms with van der Waals surface area (Å²) in [6.45, 7) is 33.3. The first kappa shape index (κ1) is 38.2. The number of carbonyl (C=O) groups is 2. The lowest BCUT2D eigenvalue weighted by Gasteiger charge is -2.54. The summed E-state index contributed by atoms with van der Waals surface area (Å²) in [7, 11) is 0. The molecule has 2 fully saturated rings. The molecule has 2 saturated heterocycles. The average molecular weight is 609 g/mol. The van der Waals surface area contributed by atoms with Crippen LogP contribution in [0.1, 0.15) is 123 Å². The third-order valence-electron chi connectivity index (χ3n) is 9.99. The number of hydrogen-bond donors (Lipinski definition) is 0. The quantitative estimate of drug-likeness (QED) is 0.137. The van der Waals surface area contributed by atoms with Gasteiger partial charge in [0, 0.05) is 11.8 Å². The van der Waals surface area contributed by atoms with Crippen molar-refractivity contribution in [3.05, 3.63) is 0 Å². The molecule has 0 radical (unpaired) electrons. The number of carbonyl (C=O) groups excluding carboxylic acids is 2. The first-order valence-electron chi connectivity index (χ1n) is 17.5. The van der Waals surface area contributed by atoms with Crippen LogP contribution in [-0.4, -0.2) is 42.6 Å². The first-order chi connectivity index (χ1) is 19.8. The number of ether oxygens (including phenoxy) is 4. The molecule has 252 valence electrons. The van der Waals surface area contributed by atoms with Gasteiger partial charge in [0.1, 0.15) is 18.8 Å². The first-order valence-corrected chi connectivity index (χ1v) is 17.5. The van der Waals surface area contributed by atoms with Crippen LogP contribution < -0.4 is 0 Å². The van der Waals surface area contributed by atoms with Crippen LogP contribution in [0.15, 0.2) is 0 Å². The van der Waals surface area contributed by atoms with Crippen LogP contribution in [0.4, 0.5) is 0 Å². The van der Waals surface area contributed by atoms with Gasteiger partial charge >= 0.3 is 5.97 Å². The van der Waals surface area contributed by atoms with Gasteiger partial charge in [-0.05, 0) is 78.9 Å². The molecule has 43 heavy (non-hydrogen) atoms. The van der Waals surface area contributed by atoms with Crippen LogP contribution in [0.5, 0.6) is 0 Å². The summed E-state index contributed by atoms with van der Waals surface area (Å²) in [5, 5.41) is 0. The fraction of sp³-hybridized carbons (Fsp3) is 0.946. The molecule has 9 unspecified atom stereocenters. The molecule has 9 atom stereocenters. The highest BCUT2D eigenvalue weighted by molar-refractivity contribution is 5.94. The van der Waals surface area contributed by atoms with Crippen LogP contribution in [0.2, 0.25) is 0 Å². The van der Waals surface area contributed by atoms with Crippen molar-refractivity contribution in [2.45, 2.75) is 147 Å². The number of ketones is 1. The molecular formula is C37H68O6. The summed E-state index contributed by atoms with van der Waals surface area (Å²) in [5.74, 6) is 2.04. The van der Waals surface area contributed by atoms with Crippen molar-refractivity contribution in [3.8, 4) is 0 Å². The Morgan fingerprint density at radius 1 is 0.651 bits per heavy atom. The summed E-state index contributed by atoms with van der Waals surface area (Å²) in [6.07, 6.45) is 1.16. The third-order valence-corrected chi connectivity index (χ3v) is 9.99. The molecule has 0 aromatic carbocycles. The van der Waals surface area contributed by atoms with E-state index in [0.717, 1.165) is 12.8 Å². The van der Waals surface area contributed by atoms with Crippen molar-refractivity contribution in [2.24, 2.45) is 71.0 Å². The highest BCUT2D eigenvalue weighted by Crippen LogP contribution is 2.54. The van der Waals surface area contributed by atoms with E-state index in [2.05, 4.69) is 96.9 Å². The minimum atomic E-state index is -1.17. The lowest BCUT2D eigenvalue weighted by molar-refractivity contribution is -0.375. The number of hydrogen-bond acceptors (Lipinski definition) is 6. The zero-order chi connectivity index (χ0) is 33.0. The van der Waals surface area contributed by atoms with Gasteiger partial charge < -0.3 is 18.9 Å². The smallest absolute Gasteiger partial charge is 0.313 e. The lowest BCUT2D eigenvalue weighted by Crippen LogP contribution is -2.58. The zero-order valence-corrected chi connectivity index (χ0v) is 30.4. The van der Waals surface area contributed by atoms with Gasteiger partial charge in [0.05, 0.1) is 12.2 Å². The van der Waals surface area contributed by atoms with Gasteiger partial charge in [-0.2, -0.15) is 0 Å². The maximum absolute atomic E-state index is 12.8. The standard InChI is InChI=1S/C37H68O6/c1-20(2)16-28-31(22(5)6)33(24(9)10)34(25(11)12)36(41-28)43-37(19-40-30(39)18-27(15)38)35(26(13)14)32(23(7)8)29(42-37)17-21(3)4/h20-26,28-29,31-36H,16-19H2,1-15H3. The van der Waals surface area contributed by atoms with Crippen LogP contribution >= 0.6 is 0 Å². The molecule has 0 amide bonds. The molecule has 2 aliphatic rings. The van der Waals surface area contributed by atoms with Crippen molar-refractivity contribution in [1.29, 1.82) is 0 Å². The molecule has 0 spiro atoms. The average Bonchev–Trinajstić information content (AvgIpc) is 3.14. The van der Waals surface area contributed by atoms with Gasteiger partial charge in [0.25, 0.3) is 0 Å². The molecule has 2 heterocycles. The molecule has 0 saturated carbocycles. The Kier molecular flexibility index (Phi) is 14.2. The summed E-state index contributed by atoms with van der Waals surface area (Å²) < 4.78 is 27.5. The maximum atomic E-state index is 12.8. The van der Waals surface area contributed by atoms with E-state index in [0.29, 0.717) is 47.3 Å². The van der Waals surface area contributed by atoms with E-state index in [1.807, 2.05) is 0 Å². The van der Waals surface area contributed by atoms with E-state index in [1.165, 1.54) is 6.92 Å². The van der Waals surface area contributed by atoms with Gasteiger partial charge in [0.15, 0.2) is 6.29 Å². The Morgan fingerprint density at radius 2 is 1.14 bits per heavy atom. The molecule has 2 aliphatic heterocycles. The third kappa shape index (κ3) is 9.51. The monoisotopic (exact) mass is 609 g/mol. The molecule has 6 nitrogen and oxygen atoms in total. The normalized spacial score (nSPS) is 33.6. The highest BCUT2D eigenvalue weighted by atomic mass is 16.8. The van der Waals surface area contributed by atoms with E-state index < -0.39 is 18.0 Å². The second kappa shape index (κ2) is 16.0. The van der Waals surface area contributed by atoms with Crippen molar-refractivity contribution >= 4 is 11.8 Å². The van der Waals surface area contributed by atoms with E-state index in [9.17, 15) is 9.59 Å². The second-order valence-electron chi connectivity index (χ2n) is 16.5. The highest BCUT2D eigenvalue weighted by Gasteiger charge is 2.61. The Labute approximate surface area is 265 Å². The predicted molar refractivity (Wildman–Crippen MR) is 174 cm³/mol. The molecule has 2 rings (SSSR count). The Balaban J connectivity index is 2.71. The maximum Gasteiger partial charge on any atom is 0.313 e. The Morgan fingerprint density at radius 3 is 1.56 bits per heavy atom. The molecule has 0 bridgehead atoms. The summed E-state index contributed by atoms with van der Waals surface area (Å²) in [5.41, 5.74) is 0. The van der Waals surface area contributed by atoms with Gasteiger partial charge in [-0.1, -0.05) is 96.9 Å². The van der Waals surface area contributed by atoms with Crippen molar-refractivity contribution in [2.75, 3.05) is 6.61 Å². The van der Waals surface area contributed by atoms with E-state index in [-0.39, 0.29) is 54.7 Å². The van der Waals surface area contributed by atoms with Crippen LogP contribution in [-0.2, 0) is 28.5 Å². The van der Waals surface area contributed by atoms with Gasteiger partial charge in [0.2, 0.25) is 5.79 Å².